The Morgan fingerprint density at radius 1 is 1.30 bits per heavy atom. The van der Waals surface area contributed by atoms with Crippen molar-refractivity contribution in [2.45, 2.75) is 0 Å². The summed E-state index contributed by atoms with van der Waals surface area (Å²) in [6.45, 7) is -3.25. The summed E-state index contributed by atoms with van der Waals surface area (Å²) in [7, 11) is 0. The Morgan fingerprint density at radius 2 is 1.90 bits per heavy atom. The van der Waals surface area contributed by atoms with Gasteiger partial charge in [0.05, 0.1) is 0 Å². The van der Waals surface area contributed by atoms with Crippen LogP contribution in [0.4, 0.5) is 0 Å². The minimum absolute atomic E-state index is 0. The van der Waals surface area contributed by atoms with E-state index in [-0.39, 0.29) is 34.3 Å². The zero-order valence-corrected chi connectivity index (χ0v) is 8.38. The summed E-state index contributed by atoms with van der Waals surface area (Å²) in [5, 5.41) is 27.3. The Balaban J connectivity index is 0.000000810. The molecule has 0 aliphatic rings. The van der Waals surface area contributed by atoms with Crippen molar-refractivity contribution >= 4 is 22.9 Å². The van der Waals surface area contributed by atoms with Crippen molar-refractivity contribution in [1.82, 2.24) is 0 Å². The van der Waals surface area contributed by atoms with E-state index in [1.54, 1.807) is 11.4 Å². The standard InChI is InChI=1S/C4H6BO3S.Na/c6-5(7,8)4-2-1-3-9-4;/h1-3,6-8H;/q-1;+1. The van der Waals surface area contributed by atoms with Crippen LogP contribution in [0.15, 0.2) is 17.5 Å². The molecule has 0 radical (unpaired) electrons. The minimum atomic E-state index is -3.25. The molecule has 0 aliphatic carbocycles. The molecule has 1 rings (SSSR count). The van der Waals surface area contributed by atoms with E-state index in [4.69, 9.17) is 15.1 Å². The maximum absolute atomic E-state index is 8.56. The molecule has 50 valence electrons. The number of rotatable bonds is 1. The summed E-state index contributed by atoms with van der Waals surface area (Å²) < 4.78 is 0.190. The zero-order valence-electron chi connectivity index (χ0n) is 5.56. The number of hydrogen-bond donors (Lipinski definition) is 3. The summed E-state index contributed by atoms with van der Waals surface area (Å²) in [5.41, 5.74) is 0. The molecule has 0 saturated heterocycles. The maximum Gasteiger partial charge on any atom is 1.00 e. The molecular formula is C4H6BNaO3S. The van der Waals surface area contributed by atoms with E-state index >= 15 is 0 Å². The van der Waals surface area contributed by atoms with Crippen molar-refractivity contribution in [3.8, 4) is 0 Å². The number of thiophene rings is 1. The first-order valence-electron chi connectivity index (χ1n) is 2.46. The van der Waals surface area contributed by atoms with Crippen LogP contribution in [-0.4, -0.2) is 21.8 Å². The average Bonchev–Trinajstić information content (AvgIpc) is 2.08. The first-order valence-corrected chi connectivity index (χ1v) is 3.34. The SMILES string of the molecule is O[B-](O)(O)c1cccs1.[Na+]. The second kappa shape index (κ2) is 3.87. The van der Waals surface area contributed by atoms with Crippen LogP contribution in [0.1, 0.15) is 0 Å². The summed E-state index contributed by atoms with van der Waals surface area (Å²) in [5.74, 6) is 0. The average molecular weight is 168 g/mol. The van der Waals surface area contributed by atoms with Gasteiger partial charge in [-0.3, -0.25) is 0 Å². The molecule has 1 heterocycles. The van der Waals surface area contributed by atoms with Gasteiger partial charge in [0.15, 0.2) is 0 Å². The third kappa shape index (κ3) is 2.71. The third-order valence-corrected chi connectivity index (χ3v) is 1.94. The van der Waals surface area contributed by atoms with E-state index in [9.17, 15) is 0 Å². The van der Waals surface area contributed by atoms with Crippen LogP contribution in [-0.2, 0) is 0 Å². The van der Waals surface area contributed by atoms with Crippen LogP contribution in [0.5, 0.6) is 0 Å². The van der Waals surface area contributed by atoms with Crippen molar-refractivity contribution in [3.05, 3.63) is 17.5 Å². The normalized spacial score (nSPS) is 10.7. The minimum Gasteiger partial charge on any atom is -0.555 e. The summed E-state index contributed by atoms with van der Waals surface area (Å²) in [6.07, 6.45) is 0. The van der Waals surface area contributed by atoms with Gasteiger partial charge in [-0.2, -0.15) is 11.3 Å². The van der Waals surface area contributed by atoms with Crippen LogP contribution in [0.3, 0.4) is 0 Å². The van der Waals surface area contributed by atoms with Gasteiger partial charge in [-0.05, 0) is 5.38 Å². The molecule has 0 spiro atoms. The fourth-order valence-corrected chi connectivity index (χ4v) is 1.17. The topological polar surface area (TPSA) is 60.7 Å². The molecule has 0 aromatic carbocycles. The smallest absolute Gasteiger partial charge is 0.555 e. The summed E-state index contributed by atoms with van der Waals surface area (Å²) >= 11 is 1.11. The van der Waals surface area contributed by atoms with Gasteiger partial charge in [-0.1, -0.05) is 16.9 Å². The van der Waals surface area contributed by atoms with Crippen molar-refractivity contribution in [2.24, 2.45) is 0 Å². The first kappa shape index (κ1) is 10.6. The second-order valence-electron chi connectivity index (χ2n) is 1.75. The van der Waals surface area contributed by atoms with Crippen molar-refractivity contribution in [1.29, 1.82) is 0 Å². The van der Waals surface area contributed by atoms with E-state index in [0.717, 1.165) is 11.3 Å². The molecule has 0 amide bonds. The fraction of sp³-hybridized carbons (Fsp3) is 0. The van der Waals surface area contributed by atoms with Gasteiger partial charge in [-0.25, -0.2) is 0 Å². The Kier molecular flexibility index (Phi) is 4.12. The van der Waals surface area contributed by atoms with Gasteiger partial charge in [-0.15, -0.1) is 0 Å². The van der Waals surface area contributed by atoms with Crippen molar-refractivity contribution in [2.75, 3.05) is 0 Å². The molecule has 1 aromatic rings. The Morgan fingerprint density at radius 3 is 2.10 bits per heavy atom. The maximum atomic E-state index is 8.56. The predicted molar refractivity (Wildman–Crippen MR) is 36.4 cm³/mol. The summed E-state index contributed by atoms with van der Waals surface area (Å²) in [6, 6.07) is 3.10. The Bertz CT molecular complexity index is 183. The molecule has 0 atom stereocenters. The molecule has 0 fully saturated rings. The van der Waals surface area contributed by atoms with Crippen LogP contribution in [0.2, 0.25) is 0 Å². The van der Waals surface area contributed by atoms with Gasteiger partial charge >= 0.3 is 36.3 Å². The molecule has 6 heteroatoms. The molecule has 3 nitrogen and oxygen atoms in total. The third-order valence-electron chi connectivity index (χ3n) is 0.925. The molecule has 0 unspecified atom stereocenters. The van der Waals surface area contributed by atoms with Gasteiger partial charge in [0.1, 0.15) is 0 Å². The van der Waals surface area contributed by atoms with Gasteiger partial charge < -0.3 is 15.1 Å². The molecule has 10 heavy (non-hydrogen) atoms. The van der Waals surface area contributed by atoms with Crippen LogP contribution < -0.4 is 34.3 Å². The van der Waals surface area contributed by atoms with E-state index < -0.39 is 6.75 Å². The van der Waals surface area contributed by atoms with Crippen LogP contribution in [0.25, 0.3) is 0 Å². The van der Waals surface area contributed by atoms with Gasteiger partial charge in [0, 0.05) is 0 Å². The predicted octanol–water partition coefficient (Wildman–Crippen LogP) is -4.13. The van der Waals surface area contributed by atoms with E-state index in [0.29, 0.717) is 0 Å². The molecule has 1 aromatic heterocycles. The zero-order chi connectivity index (χ0) is 6.91. The first-order chi connectivity index (χ1) is 4.11. The molecule has 0 aliphatic heterocycles. The quantitative estimate of drug-likeness (QED) is 0.373. The fourth-order valence-electron chi connectivity index (χ4n) is 0.512. The molecule has 0 bridgehead atoms. The molecular weight excluding hydrogens is 162 g/mol. The van der Waals surface area contributed by atoms with E-state index in [1.807, 2.05) is 0 Å². The number of hydrogen-bond acceptors (Lipinski definition) is 4. The van der Waals surface area contributed by atoms with Crippen molar-refractivity contribution < 1.29 is 44.6 Å². The van der Waals surface area contributed by atoms with Crippen LogP contribution in [0, 0.1) is 0 Å². The largest absolute Gasteiger partial charge is 1.00 e. The monoisotopic (exact) mass is 168 g/mol. The Hall–Kier alpha value is 0.645. The summed E-state index contributed by atoms with van der Waals surface area (Å²) in [4.78, 5) is 0. The van der Waals surface area contributed by atoms with Gasteiger partial charge in [0.25, 0.3) is 0 Å². The van der Waals surface area contributed by atoms with Gasteiger partial charge in [0.2, 0.25) is 0 Å². The molecule has 0 saturated carbocycles. The van der Waals surface area contributed by atoms with Crippen molar-refractivity contribution in [3.63, 3.8) is 0 Å². The van der Waals surface area contributed by atoms with Crippen LogP contribution >= 0.6 is 11.3 Å². The Labute approximate surface area is 84.6 Å². The molecule has 3 N–H and O–H groups in total. The van der Waals surface area contributed by atoms with E-state index in [1.165, 1.54) is 6.07 Å². The second-order valence-corrected chi connectivity index (χ2v) is 2.73. The van der Waals surface area contributed by atoms with E-state index in [2.05, 4.69) is 0 Å².